The number of rotatable bonds is 1. The van der Waals surface area contributed by atoms with Gasteiger partial charge in [-0.2, -0.15) is 17.0 Å². The summed E-state index contributed by atoms with van der Waals surface area (Å²) in [7, 11) is 0. The van der Waals surface area contributed by atoms with Gasteiger partial charge in [0.1, 0.15) is 0 Å². The summed E-state index contributed by atoms with van der Waals surface area (Å²) in [6.45, 7) is 2.23. The monoisotopic (exact) mass is 255 g/mol. The molecule has 1 aromatic carbocycles. The standard InChI is InChI=1S/C14H13N3S/c1-14(12-4-2-11(6-15)3-5-12)9-18-8-13-7-16-10-17(13)14/h2-5,7,10H,8-9H2,1H3. The minimum Gasteiger partial charge on any atom is -0.323 e. The van der Waals surface area contributed by atoms with E-state index in [4.69, 9.17) is 5.26 Å². The van der Waals surface area contributed by atoms with Crippen molar-refractivity contribution in [2.45, 2.75) is 18.2 Å². The average Bonchev–Trinajstić information content (AvgIpc) is 2.89. The van der Waals surface area contributed by atoms with E-state index in [2.05, 4.69) is 22.5 Å². The molecule has 0 saturated heterocycles. The van der Waals surface area contributed by atoms with Crippen molar-refractivity contribution in [1.82, 2.24) is 9.55 Å². The van der Waals surface area contributed by atoms with Gasteiger partial charge in [-0.15, -0.1) is 0 Å². The molecule has 0 amide bonds. The van der Waals surface area contributed by atoms with Crippen LogP contribution in [0.4, 0.5) is 0 Å². The van der Waals surface area contributed by atoms with Crippen molar-refractivity contribution in [3.8, 4) is 6.07 Å². The molecule has 4 heteroatoms. The Balaban J connectivity index is 2.08. The molecule has 90 valence electrons. The van der Waals surface area contributed by atoms with E-state index in [1.54, 1.807) is 0 Å². The van der Waals surface area contributed by atoms with Crippen LogP contribution in [0.25, 0.3) is 0 Å². The summed E-state index contributed by atoms with van der Waals surface area (Å²) >= 11 is 1.93. The van der Waals surface area contributed by atoms with E-state index < -0.39 is 0 Å². The molecule has 2 aromatic rings. The van der Waals surface area contributed by atoms with Gasteiger partial charge in [-0.05, 0) is 24.6 Å². The van der Waals surface area contributed by atoms with Crippen LogP contribution >= 0.6 is 11.8 Å². The molecule has 3 rings (SSSR count). The number of hydrogen-bond acceptors (Lipinski definition) is 3. The number of nitriles is 1. The first-order valence-corrected chi connectivity index (χ1v) is 6.99. The Morgan fingerprint density at radius 3 is 2.89 bits per heavy atom. The maximum Gasteiger partial charge on any atom is 0.0991 e. The van der Waals surface area contributed by atoms with Crippen LogP contribution in [0, 0.1) is 11.3 Å². The fourth-order valence-corrected chi connectivity index (χ4v) is 3.65. The van der Waals surface area contributed by atoms with Gasteiger partial charge >= 0.3 is 0 Å². The topological polar surface area (TPSA) is 41.6 Å². The average molecular weight is 255 g/mol. The van der Waals surface area contributed by atoms with Crippen LogP contribution in [0.5, 0.6) is 0 Å². The van der Waals surface area contributed by atoms with Crippen LogP contribution in [0.1, 0.15) is 23.7 Å². The first-order chi connectivity index (χ1) is 8.74. The van der Waals surface area contributed by atoms with Crippen LogP contribution in [-0.2, 0) is 11.3 Å². The van der Waals surface area contributed by atoms with Gasteiger partial charge in [-0.1, -0.05) is 12.1 Å². The third-order valence-corrected chi connectivity index (χ3v) is 4.78. The number of aromatic nitrogens is 2. The zero-order chi connectivity index (χ0) is 12.6. The highest BCUT2D eigenvalue weighted by atomic mass is 32.2. The van der Waals surface area contributed by atoms with Crippen molar-refractivity contribution in [3.05, 3.63) is 53.6 Å². The normalized spacial score (nSPS) is 22.2. The molecule has 0 bridgehead atoms. The van der Waals surface area contributed by atoms with Crippen LogP contribution in [0.2, 0.25) is 0 Å². The van der Waals surface area contributed by atoms with Crippen LogP contribution < -0.4 is 0 Å². The third-order valence-electron chi connectivity index (χ3n) is 3.52. The van der Waals surface area contributed by atoms with Crippen molar-refractivity contribution in [3.63, 3.8) is 0 Å². The van der Waals surface area contributed by atoms with Crippen molar-refractivity contribution >= 4 is 11.8 Å². The summed E-state index contributed by atoms with van der Waals surface area (Å²) < 4.78 is 2.25. The van der Waals surface area contributed by atoms with E-state index in [-0.39, 0.29) is 5.54 Å². The number of imidazole rings is 1. The van der Waals surface area contributed by atoms with Gasteiger partial charge in [0.15, 0.2) is 0 Å². The second-order valence-corrected chi connectivity index (χ2v) is 5.70. The SMILES string of the molecule is CC1(c2ccc(C#N)cc2)CSCc2cncn21. The molecular weight excluding hydrogens is 242 g/mol. The Morgan fingerprint density at radius 2 is 2.17 bits per heavy atom. The van der Waals surface area contributed by atoms with Gasteiger partial charge < -0.3 is 4.57 Å². The van der Waals surface area contributed by atoms with E-state index in [9.17, 15) is 0 Å². The number of benzene rings is 1. The first-order valence-electron chi connectivity index (χ1n) is 5.84. The van der Waals surface area contributed by atoms with Gasteiger partial charge in [0.05, 0.1) is 23.5 Å². The lowest BCUT2D eigenvalue weighted by Gasteiger charge is -2.36. The molecule has 0 fully saturated rings. The maximum absolute atomic E-state index is 8.86. The lowest BCUT2D eigenvalue weighted by atomic mass is 9.92. The third kappa shape index (κ3) is 1.63. The molecule has 1 aromatic heterocycles. The van der Waals surface area contributed by atoms with Crippen LogP contribution in [0.15, 0.2) is 36.8 Å². The molecule has 1 unspecified atom stereocenters. The smallest absolute Gasteiger partial charge is 0.0991 e. The molecule has 1 aliphatic heterocycles. The zero-order valence-corrected chi connectivity index (χ0v) is 10.9. The fourth-order valence-electron chi connectivity index (χ4n) is 2.42. The first kappa shape index (κ1) is 11.4. The summed E-state index contributed by atoms with van der Waals surface area (Å²) in [5.74, 6) is 2.05. The molecule has 0 spiro atoms. The highest BCUT2D eigenvalue weighted by Gasteiger charge is 2.33. The molecule has 0 aliphatic carbocycles. The van der Waals surface area contributed by atoms with E-state index in [0.717, 1.165) is 11.5 Å². The second kappa shape index (κ2) is 4.18. The molecular formula is C14H13N3S. The molecule has 0 saturated carbocycles. The molecule has 1 atom stereocenters. The quantitative estimate of drug-likeness (QED) is 0.787. The maximum atomic E-state index is 8.86. The van der Waals surface area contributed by atoms with E-state index >= 15 is 0 Å². The number of thioether (sulfide) groups is 1. The Bertz CT molecular complexity index is 609. The minimum absolute atomic E-state index is 0.0667. The van der Waals surface area contributed by atoms with Gasteiger partial charge in [-0.25, -0.2) is 4.98 Å². The number of hydrogen-bond donors (Lipinski definition) is 0. The van der Waals surface area contributed by atoms with Crippen molar-refractivity contribution in [2.75, 3.05) is 5.75 Å². The Kier molecular flexibility index (Phi) is 2.64. The second-order valence-electron chi connectivity index (χ2n) is 4.71. The summed E-state index contributed by atoms with van der Waals surface area (Å²) in [6, 6.07) is 10.0. The van der Waals surface area contributed by atoms with Crippen LogP contribution in [0.3, 0.4) is 0 Å². The largest absolute Gasteiger partial charge is 0.323 e. The molecule has 0 radical (unpaired) electrons. The minimum atomic E-state index is -0.0667. The summed E-state index contributed by atoms with van der Waals surface area (Å²) in [6.07, 6.45) is 3.85. The van der Waals surface area contributed by atoms with Gasteiger partial charge in [0, 0.05) is 23.4 Å². The summed E-state index contributed by atoms with van der Waals surface area (Å²) in [5, 5.41) is 8.86. The van der Waals surface area contributed by atoms with E-state index in [0.29, 0.717) is 5.56 Å². The van der Waals surface area contributed by atoms with Gasteiger partial charge in [0.2, 0.25) is 0 Å². The van der Waals surface area contributed by atoms with Crippen molar-refractivity contribution in [2.24, 2.45) is 0 Å². The zero-order valence-electron chi connectivity index (χ0n) is 10.1. The summed E-state index contributed by atoms with van der Waals surface area (Å²) in [4.78, 5) is 4.26. The number of nitrogens with zero attached hydrogens (tertiary/aromatic N) is 3. The van der Waals surface area contributed by atoms with Gasteiger partial charge in [-0.3, -0.25) is 0 Å². The van der Waals surface area contributed by atoms with Crippen molar-refractivity contribution < 1.29 is 0 Å². The lowest BCUT2D eigenvalue weighted by Crippen LogP contribution is -2.37. The van der Waals surface area contributed by atoms with Crippen molar-refractivity contribution in [1.29, 1.82) is 5.26 Å². The molecule has 3 nitrogen and oxygen atoms in total. The Morgan fingerprint density at radius 1 is 1.39 bits per heavy atom. The van der Waals surface area contributed by atoms with E-state index in [1.165, 1.54) is 11.3 Å². The molecule has 2 heterocycles. The summed E-state index contributed by atoms with van der Waals surface area (Å²) in [5.41, 5.74) is 3.13. The predicted molar refractivity (Wildman–Crippen MR) is 72.3 cm³/mol. The highest BCUT2D eigenvalue weighted by Crippen LogP contribution is 2.36. The molecule has 1 aliphatic rings. The Labute approximate surface area is 110 Å². The molecule has 18 heavy (non-hydrogen) atoms. The molecule has 0 N–H and O–H groups in total. The fraction of sp³-hybridized carbons (Fsp3) is 0.286. The van der Waals surface area contributed by atoms with E-state index in [1.807, 2.05) is 48.6 Å². The number of fused-ring (bicyclic) bond motifs is 1. The lowest BCUT2D eigenvalue weighted by molar-refractivity contribution is 0.427. The predicted octanol–water partition coefficient (Wildman–Crippen LogP) is 2.77. The Hall–Kier alpha value is -1.73. The van der Waals surface area contributed by atoms with Gasteiger partial charge in [0.25, 0.3) is 0 Å². The van der Waals surface area contributed by atoms with Crippen LogP contribution in [-0.4, -0.2) is 15.3 Å². The highest BCUT2D eigenvalue weighted by molar-refractivity contribution is 7.98.